The highest BCUT2D eigenvalue weighted by Crippen LogP contribution is 2.37. The van der Waals surface area contributed by atoms with Crippen molar-refractivity contribution < 1.29 is 4.79 Å². The van der Waals surface area contributed by atoms with Crippen molar-refractivity contribution in [1.29, 1.82) is 0 Å². The van der Waals surface area contributed by atoms with Crippen LogP contribution in [-0.4, -0.2) is 29.6 Å². The maximum atomic E-state index is 12.2. The van der Waals surface area contributed by atoms with Crippen LogP contribution in [0.3, 0.4) is 0 Å². The van der Waals surface area contributed by atoms with Crippen LogP contribution in [-0.2, 0) is 4.79 Å². The summed E-state index contributed by atoms with van der Waals surface area (Å²) in [6.07, 6.45) is 2.91. The second kappa shape index (κ2) is 5.85. The minimum atomic E-state index is 0.200. The van der Waals surface area contributed by atoms with E-state index in [1.54, 1.807) is 0 Å². The Morgan fingerprint density at radius 3 is 2.17 bits per heavy atom. The van der Waals surface area contributed by atoms with E-state index >= 15 is 0 Å². The van der Waals surface area contributed by atoms with Crippen molar-refractivity contribution in [3.8, 4) is 0 Å². The van der Waals surface area contributed by atoms with Crippen molar-refractivity contribution in [3.63, 3.8) is 0 Å². The molecule has 1 unspecified atom stereocenters. The van der Waals surface area contributed by atoms with Crippen LogP contribution in [0.4, 0.5) is 0 Å². The highest BCUT2D eigenvalue weighted by Gasteiger charge is 2.39. The molecule has 2 nitrogen and oxygen atoms in total. The molecule has 0 aromatic rings. The fourth-order valence-electron chi connectivity index (χ4n) is 2.66. The van der Waals surface area contributed by atoms with Crippen molar-refractivity contribution >= 4 is 18.5 Å². The number of hydrogen-bond acceptors (Lipinski definition) is 2. The highest BCUT2D eigenvalue weighted by atomic mass is 32.1. The number of nitrogens with zero attached hydrogens (tertiary/aromatic N) is 1. The molecule has 1 aliphatic heterocycles. The summed E-state index contributed by atoms with van der Waals surface area (Å²) in [6, 6.07) is 0. The van der Waals surface area contributed by atoms with E-state index in [1.165, 1.54) is 0 Å². The molecule has 0 bridgehead atoms. The van der Waals surface area contributed by atoms with E-state index in [4.69, 9.17) is 0 Å². The molecule has 0 spiro atoms. The first-order chi connectivity index (χ1) is 8.28. The van der Waals surface area contributed by atoms with Crippen molar-refractivity contribution in [2.24, 2.45) is 16.7 Å². The summed E-state index contributed by atoms with van der Waals surface area (Å²) in [5.74, 6) is 1.70. The third-order valence-corrected chi connectivity index (χ3v) is 5.47. The summed E-state index contributed by atoms with van der Waals surface area (Å²) in [5.41, 5.74) is 0.429. The third-order valence-electron chi connectivity index (χ3n) is 4.80. The van der Waals surface area contributed by atoms with Gasteiger partial charge >= 0.3 is 0 Å². The summed E-state index contributed by atoms with van der Waals surface area (Å²) >= 11 is 4.51. The molecule has 1 saturated heterocycles. The average molecular weight is 271 g/mol. The van der Waals surface area contributed by atoms with Gasteiger partial charge in [-0.1, -0.05) is 34.6 Å². The highest BCUT2D eigenvalue weighted by molar-refractivity contribution is 7.80. The Hall–Kier alpha value is -0.180. The molecule has 106 valence electrons. The Morgan fingerprint density at radius 1 is 1.28 bits per heavy atom. The largest absolute Gasteiger partial charge is 0.342 e. The normalized spacial score (nSPS) is 21.8. The fraction of sp³-hybridized carbons (Fsp3) is 0.933. The fourth-order valence-corrected chi connectivity index (χ4v) is 3.20. The van der Waals surface area contributed by atoms with Gasteiger partial charge in [0, 0.05) is 19.5 Å². The second-order valence-electron chi connectivity index (χ2n) is 6.91. The monoisotopic (exact) mass is 271 g/mol. The molecule has 0 aromatic carbocycles. The number of hydrogen-bond donors (Lipinski definition) is 1. The maximum Gasteiger partial charge on any atom is 0.222 e. The molecular weight excluding hydrogens is 242 g/mol. The van der Waals surface area contributed by atoms with Gasteiger partial charge < -0.3 is 4.90 Å². The van der Waals surface area contributed by atoms with Gasteiger partial charge in [-0.2, -0.15) is 12.6 Å². The van der Waals surface area contributed by atoms with Crippen LogP contribution >= 0.6 is 12.6 Å². The summed E-state index contributed by atoms with van der Waals surface area (Å²) in [6.45, 7) is 12.9. The van der Waals surface area contributed by atoms with Crippen LogP contribution in [0.25, 0.3) is 0 Å². The zero-order valence-corrected chi connectivity index (χ0v) is 13.5. The molecule has 0 N–H and O–H groups in total. The molecule has 1 aliphatic rings. The molecule has 0 aliphatic carbocycles. The zero-order chi connectivity index (χ0) is 14.0. The predicted molar refractivity (Wildman–Crippen MR) is 81.0 cm³/mol. The smallest absolute Gasteiger partial charge is 0.222 e. The van der Waals surface area contributed by atoms with Crippen LogP contribution in [0.15, 0.2) is 0 Å². The van der Waals surface area contributed by atoms with Gasteiger partial charge in [0.2, 0.25) is 5.91 Å². The molecule has 1 atom stereocenters. The Kier molecular flexibility index (Phi) is 5.16. The number of likely N-dealkylation sites (tertiary alicyclic amines) is 1. The van der Waals surface area contributed by atoms with Gasteiger partial charge in [0.25, 0.3) is 0 Å². The number of rotatable bonds is 5. The summed E-state index contributed by atoms with van der Waals surface area (Å²) in [4.78, 5) is 14.2. The van der Waals surface area contributed by atoms with E-state index < -0.39 is 0 Å². The third kappa shape index (κ3) is 3.43. The van der Waals surface area contributed by atoms with Crippen LogP contribution < -0.4 is 0 Å². The first kappa shape index (κ1) is 15.9. The molecule has 0 radical (unpaired) electrons. The topological polar surface area (TPSA) is 20.3 Å². The van der Waals surface area contributed by atoms with Gasteiger partial charge in [0.15, 0.2) is 0 Å². The average Bonchev–Trinajstić information content (AvgIpc) is 2.68. The minimum absolute atomic E-state index is 0.200. The quantitative estimate of drug-likeness (QED) is 0.757. The van der Waals surface area contributed by atoms with Crippen LogP contribution in [0.1, 0.15) is 53.9 Å². The van der Waals surface area contributed by atoms with Crippen molar-refractivity contribution in [3.05, 3.63) is 0 Å². The molecule has 0 aromatic heterocycles. The molecule has 1 rings (SSSR count). The molecule has 18 heavy (non-hydrogen) atoms. The van der Waals surface area contributed by atoms with Gasteiger partial charge in [0.1, 0.15) is 0 Å². The lowest BCUT2D eigenvalue weighted by Gasteiger charge is -2.35. The first-order valence-electron chi connectivity index (χ1n) is 7.16. The Morgan fingerprint density at radius 2 is 1.83 bits per heavy atom. The van der Waals surface area contributed by atoms with Crippen molar-refractivity contribution in [2.45, 2.75) is 53.9 Å². The van der Waals surface area contributed by atoms with E-state index in [0.717, 1.165) is 38.1 Å². The van der Waals surface area contributed by atoms with E-state index in [9.17, 15) is 4.79 Å². The van der Waals surface area contributed by atoms with Crippen molar-refractivity contribution in [2.75, 3.05) is 18.8 Å². The maximum absolute atomic E-state index is 12.2. The van der Waals surface area contributed by atoms with Gasteiger partial charge in [-0.25, -0.2) is 0 Å². The SMILES string of the molecule is CCC(CC)(CS)CN1CC(C(C)(C)C)CC1=O. The van der Waals surface area contributed by atoms with Gasteiger partial charge in [-0.15, -0.1) is 0 Å². The molecule has 1 heterocycles. The predicted octanol–water partition coefficient (Wildman–Crippen LogP) is 3.62. The number of amides is 1. The summed E-state index contributed by atoms with van der Waals surface area (Å²) < 4.78 is 0. The Balaban J connectivity index is 2.72. The van der Waals surface area contributed by atoms with Gasteiger partial charge in [0.05, 0.1) is 0 Å². The lowest BCUT2D eigenvalue weighted by Crippen LogP contribution is -2.40. The Bertz CT molecular complexity index is 283. The van der Waals surface area contributed by atoms with Crippen LogP contribution in [0, 0.1) is 16.7 Å². The zero-order valence-electron chi connectivity index (χ0n) is 12.6. The second-order valence-corrected chi connectivity index (χ2v) is 7.22. The number of thiol groups is 1. The van der Waals surface area contributed by atoms with E-state index in [-0.39, 0.29) is 10.8 Å². The van der Waals surface area contributed by atoms with E-state index in [0.29, 0.717) is 11.8 Å². The Labute approximate surface area is 118 Å². The molecule has 1 amide bonds. The lowest BCUT2D eigenvalue weighted by molar-refractivity contribution is -0.129. The minimum Gasteiger partial charge on any atom is -0.342 e. The summed E-state index contributed by atoms with van der Waals surface area (Å²) in [5, 5.41) is 0. The first-order valence-corrected chi connectivity index (χ1v) is 7.80. The number of carbonyl (C=O) groups excluding carboxylic acids is 1. The number of carbonyl (C=O) groups is 1. The van der Waals surface area contributed by atoms with Crippen LogP contribution in [0.2, 0.25) is 0 Å². The van der Waals surface area contributed by atoms with E-state index in [2.05, 4.69) is 52.1 Å². The molecule has 3 heteroatoms. The summed E-state index contributed by atoms with van der Waals surface area (Å²) in [7, 11) is 0. The lowest BCUT2D eigenvalue weighted by atomic mass is 9.80. The van der Waals surface area contributed by atoms with Crippen molar-refractivity contribution in [1.82, 2.24) is 4.90 Å². The van der Waals surface area contributed by atoms with Crippen LogP contribution in [0.5, 0.6) is 0 Å². The molecular formula is C15H29NOS. The molecule has 0 saturated carbocycles. The standard InChI is InChI=1S/C15H29NOS/c1-6-15(7-2,11-18)10-16-9-12(8-13(16)17)14(3,4)5/h12,18H,6-11H2,1-5H3. The van der Waals surface area contributed by atoms with Gasteiger partial charge in [-0.05, 0) is 35.3 Å². The molecule has 1 fully saturated rings. The van der Waals surface area contributed by atoms with Gasteiger partial charge in [-0.3, -0.25) is 4.79 Å². The van der Waals surface area contributed by atoms with E-state index in [1.807, 2.05) is 0 Å².